The number of amides is 2. The van der Waals surface area contributed by atoms with Crippen molar-refractivity contribution in [2.75, 3.05) is 14.2 Å². The standard InChI is InChI=1S/C25H14N4O3P2.2C2H5NO2.2V/c30-11-33-24-26-10-22(29-24)15-2-5-17-16-4-1-13(7-18(16)23(32)19(17)8-15)14-3-6-20-21(9-14)28-25(27-20)34-12-31;2*1-5-2(3)4;;/h1-10,33-34H,(H,26,29)(H,27,28);2*1H3,(H2,3,4);;/q-2;;;2*+2/p-2. The molecule has 1 aliphatic carbocycles. The molecule has 4 N–H and O–H groups in total. The SMILES string of the molecule is COC([NH-])=O.COC([NH-])=O.O=[C-]Pc1ncc(-c2ccc3c(c2)C(=O)c2cc(-c4ccc5nc(P[C-]=O)[nH]c5c4)ccc2-3)[nH]1.[V+2].[V+2]. The molecular formula is C29H22N6O7P2V2. The van der Waals surface area contributed by atoms with Gasteiger partial charge in [-0.2, -0.15) is 17.2 Å². The van der Waals surface area contributed by atoms with Gasteiger partial charge in [-0.05, 0) is 46.5 Å². The average molecular weight is 730 g/mol. The molecule has 2 atom stereocenters. The summed E-state index contributed by atoms with van der Waals surface area (Å²) in [5, 5.41) is 0. The first-order chi connectivity index (χ1) is 21.2. The summed E-state index contributed by atoms with van der Waals surface area (Å²) in [7, 11) is 2.04. The number of ether oxygens (including phenoxy) is 2. The van der Waals surface area contributed by atoms with E-state index >= 15 is 0 Å². The quantitative estimate of drug-likeness (QED) is 0.171. The molecule has 6 rings (SSSR count). The Hall–Kier alpha value is -4.08. The number of fused-ring (bicyclic) bond motifs is 4. The molecule has 2 aromatic heterocycles. The van der Waals surface area contributed by atoms with E-state index in [0.29, 0.717) is 22.3 Å². The van der Waals surface area contributed by atoms with E-state index in [1.54, 1.807) is 6.20 Å². The first-order valence-corrected chi connectivity index (χ1v) is 14.4. The monoisotopic (exact) mass is 730 g/mol. The molecule has 13 nitrogen and oxygen atoms in total. The molecule has 2 heterocycles. The molecule has 2 amide bonds. The van der Waals surface area contributed by atoms with Crippen LogP contribution < -0.4 is 11.1 Å². The van der Waals surface area contributed by atoms with Gasteiger partial charge in [-0.1, -0.05) is 30.3 Å². The van der Waals surface area contributed by atoms with Crippen LogP contribution in [0.3, 0.4) is 0 Å². The average Bonchev–Trinajstić information content (AvgIpc) is 3.73. The minimum Gasteiger partial charge on any atom is -0.632 e. The first kappa shape index (κ1) is 38.1. The molecule has 2 unspecified atom stereocenters. The van der Waals surface area contributed by atoms with Gasteiger partial charge in [0.1, 0.15) is 0 Å². The maximum absolute atomic E-state index is 13.3. The molecule has 46 heavy (non-hydrogen) atoms. The van der Waals surface area contributed by atoms with Crippen LogP contribution >= 0.6 is 17.2 Å². The number of hydrogen-bond donors (Lipinski definition) is 2. The van der Waals surface area contributed by atoms with Crippen molar-refractivity contribution in [3.63, 3.8) is 0 Å². The molecule has 0 fully saturated rings. The predicted octanol–water partition coefficient (Wildman–Crippen LogP) is 5.18. The summed E-state index contributed by atoms with van der Waals surface area (Å²) in [4.78, 5) is 68.0. The largest absolute Gasteiger partial charge is 2.00 e. The number of nitrogens with one attached hydrogen (secondary N) is 4. The second kappa shape index (κ2) is 17.6. The number of hydrogen-bond acceptors (Lipinski definition) is 9. The number of benzene rings is 3. The molecule has 230 valence electrons. The van der Waals surface area contributed by atoms with Crippen LogP contribution in [0.4, 0.5) is 9.59 Å². The number of H-pyrrole nitrogens is 2. The Kier molecular flexibility index (Phi) is 14.6. The molecule has 2 radical (unpaired) electrons. The van der Waals surface area contributed by atoms with E-state index < -0.39 is 12.2 Å². The zero-order valence-electron chi connectivity index (χ0n) is 23.9. The van der Waals surface area contributed by atoms with E-state index in [9.17, 15) is 24.0 Å². The summed E-state index contributed by atoms with van der Waals surface area (Å²) in [6, 6.07) is 21.2. The van der Waals surface area contributed by atoms with Crippen LogP contribution in [-0.4, -0.2) is 64.2 Å². The topological polar surface area (TPSA) is 209 Å². The number of aromatic amines is 2. The van der Waals surface area contributed by atoms with Gasteiger partial charge in [0, 0.05) is 16.7 Å². The van der Waals surface area contributed by atoms with Crippen molar-refractivity contribution in [2.45, 2.75) is 0 Å². The molecule has 3 aromatic carbocycles. The maximum atomic E-state index is 13.3. The van der Waals surface area contributed by atoms with Crippen LogP contribution in [0.25, 0.3) is 56.0 Å². The molecule has 5 aromatic rings. The van der Waals surface area contributed by atoms with E-state index in [2.05, 4.69) is 29.4 Å². The summed E-state index contributed by atoms with van der Waals surface area (Å²) >= 11 is 0. The van der Waals surface area contributed by atoms with Crippen LogP contribution in [0, 0.1) is 0 Å². The fourth-order valence-corrected chi connectivity index (χ4v) is 5.20. The molecule has 0 aliphatic heterocycles. The third kappa shape index (κ3) is 9.01. The first-order valence-electron chi connectivity index (χ1n) is 12.4. The van der Waals surface area contributed by atoms with Crippen molar-refractivity contribution in [2.24, 2.45) is 0 Å². The molecule has 0 bridgehead atoms. The molecule has 17 heteroatoms. The number of rotatable bonds is 6. The summed E-state index contributed by atoms with van der Waals surface area (Å²) in [6.45, 7) is 0. The van der Waals surface area contributed by atoms with Gasteiger partial charge >= 0.3 is 37.1 Å². The fourth-order valence-electron chi connectivity index (χ4n) is 4.30. The van der Waals surface area contributed by atoms with Crippen LogP contribution in [0.1, 0.15) is 15.9 Å². The second-order valence-corrected chi connectivity index (χ2v) is 10.6. The number of carbonyl (C=O) groups is 3. The Morgan fingerprint density at radius 1 is 0.739 bits per heavy atom. The Morgan fingerprint density at radius 3 is 1.80 bits per heavy atom. The van der Waals surface area contributed by atoms with Crippen LogP contribution in [0.15, 0.2) is 60.8 Å². The van der Waals surface area contributed by atoms with Crippen molar-refractivity contribution >= 4 is 69.4 Å². The van der Waals surface area contributed by atoms with Gasteiger partial charge in [-0.25, -0.2) is 22.0 Å². The van der Waals surface area contributed by atoms with Gasteiger partial charge in [0.25, 0.3) is 0 Å². The molecule has 1 aliphatic rings. The predicted molar refractivity (Wildman–Crippen MR) is 169 cm³/mol. The Labute approximate surface area is 289 Å². The third-order valence-electron chi connectivity index (χ3n) is 6.23. The Bertz CT molecular complexity index is 1880. The Morgan fingerprint density at radius 2 is 1.24 bits per heavy atom. The summed E-state index contributed by atoms with van der Waals surface area (Å²) < 4.78 is 7.56. The van der Waals surface area contributed by atoms with Gasteiger partial charge in [0.05, 0.1) is 48.3 Å². The third-order valence-corrected chi connectivity index (χ3v) is 7.40. The van der Waals surface area contributed by atoms with Crippen LogP contribution in [-0.2, 0) is 56.2 Å². The van der Waals surface area contributed by atoms with Gasteiger partial charge < -0.3 is 40.5 Å². The van der Waals surface area contributed by atoms with E-state index in [0.717, 1.165) is 58.8 Å². The van der Waals surface area contributed by atoms with E-state index in [1.165, 1.54) is 0 Å². The number of aromatic nitrogens is 4. The van der Waals surface area contributed by atoms with Gasteiger partial charge in [-0.3, -0.25) is 14.4 Å². The normalized spacial score (nSPS) is 10.9. The molecule has 0 spiro atoms. The van der Waals surface area contributed by atoms with Crippen molar-refractivity contribution in [1.29, 1.82) is 0 Å². The van der Waals surface area contributed by atoms with Crippen molar-refractivity contribution in [3.05, 3.63) is 83.4 Å². The van der Waals surface area contributed by atoms with Gasteiger partial charge in [0.15, 0.2) is 5.78 Å². The minimum atomic E-state index is -0.995. The van der Waals surface area contributed by atoms with Gasteiger partial charge in [0.2, 0.25) is 12.2 Å². The van der Waals surface area contributed by atoms with Crippen molar-refractivity contribution < 1.29 is 70.6 Å². The van der Waals surface area contributed by atoms with E-state index in [1.807, 2.05) is 66.7 Å². The second-order valence-electron chi connectivity index (χ2n) is 8.75. The number of imidazole rings is 2. The molecule has 0 saturated carbocycles. The summed E-state index contributed by atoms with van der Waals surface area (Å²) in [6.07, 6.45) is -0.327. The van der Waals surface area contributed by atoms with Gasteiger partial charge in [-0.15, -0.1) is 0 Å². The number of nitrogens with zero attached hydrogens (tertiary/aromatic N) is 2. The van der Waals surface area contributed by atoms with Crippen molar-refractivity contribution in [1.82, 2.24) is 19.9 Å². The smallest absolute Gasteiger partial charge is 0.632 e. The number of ketones is 1. The van der Waals surface area contributed by atoms with E-state index in [4.69, 9.17) is 11.5 Å². The number of methoxy groups -OCH3 is 2. The van der Waals surface area contributed by atoms with E-state index in [-0.39, 0.29) is 60.1 Å². The number of carbonyl (C=O) groups excluding carboxylic acids is 5. The Balaban J connectivity index is 0.000000540. The molecular weight excluding hydrogens is 708 g/mol. The zero-order valence-corrected chi connectivity index (χ0v) is 28.7. The summed E-state index contributed by atoms with van der Waals surface area (Å²) in [5.41, 5.74) is 21.3. The minimum absolute atomic E-state index is 0. The van der Waals surface area contributed by atoms with Crippen LogP contribution in [0.5, 0.6) is 0 Å². The van der Waals surface area contributed by atoms with Crippen LogP contribution in [0.2, 0.25) is 0 Å². The zero-order chi connectivity index (χ0) is 31.8. The van der Waals surface area contributed by atoms with Crippen molar-refractivity contribution in [3.8, 4) is 33.5 Å². The summed E-state index contributed by atoms with van der Waals surface area (Å²) in [5.74, 6) is -0.0239. The molecule has 0 saturated heterocycles. The fraction of sp³-hybridized carbons (Fsp3) is 0.0690. The maximum Gasteiger partial charge on any atom is 2.00 e.